The van der Waals surface area contributed by atoms with E-state index in [2.05, 4.69) is 4.18 Å². The smallest absolute Gasteiger partial charge is 0.339 e. The Bertz CT molecular complexity index is 296. The van der Waals surface area contributed by atoms with Crippen LogP contribution in [0, 0.1) is 0 Å². The first-order valence-electron chi connectivity index (χ1n) is 2.43. The van der Waals surface area contributed by atoms with Gasteiger partial charge in [0.25, 0.3) is 0 Å². The zero-order chi connectivity index (χ0) is 7.61. The highest BCUT2D eigenvalue weighted by molar-refractivity contribution is 7.90. The molecule has 0 fully saturated rings. The number of allylic oxidation sites excluding steroid dienone is 2. The van der Waals surface area contributed by atoms with Crippen LogP contribution in [0.15, 0.2) is 23.6 Å². The lowest BCUT2D eigenvalue weighted by Gasteiger charge is -1.92. The summed E-state index contributed by atoms with van der Waals surface area (Å²) in [7, 11) is -3.76. The molecule has 1 heterocycles. The van der Waals surface area contributed by atoms with E-state index in [1.807, 2.05) is 0 Å². The highest BCUT2D eigenvalue weighted by Crippen LogP contribution is 2.01. The molecule has 0 atom stereocenters. The molecule has 0 amide bonds. The summed E-state index contributed by atoms with van der Waals surface area (Å²) in [4.78, 5) is 10.4. The molecule has 0 saturated heterocycles. The summed E-state index contributed by atoms with van der Waals surface area (Å²) < 4.78 is 25.0. The van der Waals surface area contributed by atoms with E-state index < -0.39 is 16.1 Å². The summed E-state index contributed by atoms with van der Waals surface area (Å²) in [6, 6.07) is 0. The maximum absolute atomic E-state index is 10.5. The van der Waals surface area contributed by atoms with Gasteiger partial charge in [-0.15, -0.1) is 0 Å². The third-order valence-corrected chi connectivity index (χ3v) is 1.67. The molecule has 0 aromatic rings. The van der Waals surface area contributed by atoms with Crippen LogP contribution in [-0.4, -0.2) is 14.4 Å². The van der Waals surface area contributed by atoms with Crippen LogP contribution in [0.1, 0.15) is 0 Å². The molecule has 0 spiro atoms. The van der Waals surface area contributed by atoms with Gasteiger partial charge in [-0.25, -0.2) is 4.79 Å². The molecule has 5 heteroatoms. The van der Waals surface area contributed by atoms with E-state index >= 15 is 0 Å². The standard InChI is InChI=1S/C5H4O4S/c6-5-3-1-2-4-10(7,8)9-5/h1-4H. The second kappa shape index (κ2) is 2.26. The van der Waals surface area contributed by atoms with Gasteiger partial charge in [0, 0.05) is 6.08 Å². The van der Waals surface area contributed by atoms with Crippen LogP contribution in [0.5, 0.6) is 0 Å². The minimum atomic E-state index is -3.76. The molecule has 0 radical (unpaired) electrons. The second-order valence-electron chi connectivity index (χ2n) is 1.58. The van der Waals surface area contributed by atoms with E-state index in [0.717, 1.165) is 11.5 Å². The van der Waals surface area contributed by atoms with E-state index in [1.54, 1.807) is 0 Å². The molecule has 0 unspecified atom stereocenters. The number of hydrogen-bond donors (Lipinski definition) is 0. The maximum Gasteiger partial charge on any atom is 0.346 e. The van der Waals surface area contributed by atoms with Crippen molar-refractivity contribution in [3.05, 3.63) is 23.6 Å². The third-order valence-electron chi connectivity index (χ3n) is 0.787. The lowest BCUT2D eigenvalue weighted by atomic mass is 10.5. The van der Waals surface area contributed by atoms with Gasteiger partial charge >= 0.3 is 16.1 Å². The SMILES string of the molecule is O=C1C=CC=CS(=O)(=O)O1. The summed E-state index contributed by atoms with van der Waals surface area (Å²) in [6.07, 6.45) is 3.55. The minimum Gasteiger partial charge on any atom is -0.339 e. The molecule has 0 aromatic heterocycles. The van der Waals surface area contributed by atoms with Gasteiger partial charge < -0.3 is 4.18 Å². The van der Waals surface area contributed by atoms with Gasteiger partial charge in [0.15, 0.2) is 0 Å². The molecule has 0 saturated carbocycles. The Morgan fingerprint density at radius 3 is 2.70 bits per heavy atom. The Morgan fingerprint density at radius 2 is 2.00 bits per heavy atom. The lowest BCUT2D eigenvalue weighted by Crippen LogP contribution is -2.05. The summed E-state index contributed by atoms with van der Waals surface area (Å²) in [5.41, 5.74) is 0. The van der Waals surface area contributed by atoms with Crippen molar-refractivity contribution < 1.29 is 17.4 Å². The van der Waals surface area contributed by atoms with Crippen LogP contribution >= 0.6 is 0 Å². The van der Waals surface area contributed by atoms with Crippen LogP contribution in [0.4, 0.5) is 0 Å². The number of rotatable bonds is 0. The molecule has 0 N–H and O–H groups in total. The first kappa shape index (κ1) is 7.01. The first-order chi connectivity index (χ1) is 4.60. The Balaban J connectivity index is 3.01. The van der Waals surface area contributed by atoms with Gasteiger partial charge in [0.05, 0.1) is 5.41 Å². The molecule has 1 rings (SSSR count). The van der Waals surface area contributed by atoms with E-state index in [0.29, 0.717) is 0 Å². The third kappa shape index (κ3) is 1.70. The Morgan fingerprint density at radius 1 is 1.30 bits per heavy atom. The van der Waals surface area contributed by atoms with Crippen LogP contribution in [0.2, 0.25) is 0 Å². The van der Waals surface area contributed by atoms with E-state index in [4.69, 9.17) is 0 Å². The maximum atomic E-state index is 10.5. The number of carbonyl (C=O) groups is 1. The zero-order valence-corrected chi connectivity index (χ0v) is 5.67. The quantitative estimate of drug-likeness (QED) is 0.466. The van der Waals surface area contributed by atoms with Crippen molar-refractivity contribution in [2.24, 2.45) is 0 Å². The van der Waals surface area contributed by atoms with Gasteiger partial charge in [-0.05, 0) is 6.08 Å². The Labute approximate surface area is 57.9 Å². The Kier molecular flexibility index (Phi) is 1.58. The van der Waals surface area contributed by atoms with Gasteiger partial charge in [0.1, 0.15) is 0 Å². The van der Waals surface area contributed by atoms with E-state index in [-0.39, 0.29) is 0 Å². The minimum absolute atomic E-state index is 0.814. The normalized spacial score (nSPS) is 21.8. The van der Waals surface area contributed by atoms with E-state index in [9.17, 15) is 13.2 Å². The number of hydrogen-bond acceptors (Lipinski definition) is 4. The topological polar surface area (TPSA) is 60.4 Å². The average molecular weight is 160 g/mol. The molecular formula is C5H4O4S. The van der Waals surface area contributed by atoms with Crippen molar-refractivity contribution in [3.8, 4) is 0 Å². The molecule has 10 heavy (non-hydrogen) atoms. The molecule has 1 aliphatic heterocycles. The highest BCUT2D eigenvalue weighted by atomic mass is 32.2. The van der Waals surface area contributed by atoms with Crippen LogP contribution < -0.4 is 0 Å². The van der Waals surface area contributed by atoms with Gasteiger partial charge in [-0.2, -0.15) is 8.42 Å². The number of carbonyl (C=O) groups excluding carboxylic acids is 1. The molecule has 0 aliphatic carbocycles. The molecule has 4 nitrogen and oxygen atoms in total. The van der Waals surface area contributed by atoms with Gasteiger partial charge in [0.2, 0.25) is 0 Å². The zero-order valence-electron chi connectivity index (χ0n) is 4.85. The van der Waals surface area contributed by atoms with Crippen molar-refractivity contribution in [2.75, 3.05) is 0 Å². The van der Waals surface area contributed by atoms with Crippen molar-refractivity contribution in [1.29, 1.82) is 0 Å². The predicted octanol–water partition coefficient (Wildman–Crippen LogP) is -0.0571. The molecule has 0 bridgehead atoms. The lowest BCUT2D eigenvalue weighted by molar-refractivity contribution is -0.128. The highest BCUT2D eigenvalue weighted by Gasteiger charge is 2.11. The van der Waals surface area contributed by atoms with Crippen molar-refractivity contribution in [1.82, 2.24) is 0 Å². The predicted molar refractivity (Wildman–Crippen MR) is 33.3 cm³/mol. The monoisotopic (exact) mass is 160 g/mol. The fraction of sp³-hybridized carbons (Fsp3) is 0. The molecular weight excluding hydrogens is 156 g/mol. The average Bonchev–Trinajstić information content (AvgIpc) is 1.90. The van der Waals surface area contributed by atoms with Crippen molar-refractivity contribution in [2.45, 2.75) is 0 Å². The van der Waals surface area contributed by atoms with Gasteiger partial charge in [-0.1, -0.05) is 6.08 Å². The molecule has 54 valence electrons. The summed E-state index contributed by atoms with van der Waals surface area (Å²) >= 11 is 0. The van der Waals surface area contributed by atoms with Crippen LogP contribution in [0.3, 0.4) is 0 Å². The summed E-state index contributed by atoms with van der Waals surface area (Å²) in [5, 5.41) is 0.814. The van der Waals surface area contributed by atoms with Crippen molar-refractivity contribution >= 4 is 16.1 Å². The Hall–Kier alpha value is -1.10. The summed E-state index contributed by atoms with van der Waals surface area (Å²) in [6.45, 7) is 0. The van der Waals surface area contributed by atoms with Crippen molar-refractivity contribution in [3.63, 3.8) is 0 Å². The first-order valence-corrected chi connectivity index (χ1v) is 3.90. The van der Waals surface area contributed by atoms with Crippen LogP contribution in [0.25, 0.3) is 0 Å². The van der Waals surface area contributed by atoms with Gasteiger partial charge in [-0.3, -0.25) is 0 Å². The molecule has 0 aromatic carbocycles. The molecule has 1 aliphatic rings. The fourth-order valence-electron chi connectivity index (χ4n) is 0.446. The second-order valence-corrected chi connectivity index (χ2v) is 3.01. The fourth-order valence-corrected chi connectivity index (χ4v) is 1.07. The van der Waals surface area contributed by atoms with Crippen LogP contribution in [-0.2, 0) is 19.1 Å². The largest absolute Gasteiger partial charge is 0.346 e. The summed E-state index contributed by atoms with van der Waals surface area (Å²) in [5.74, 6) is -0.870. The van der Waals surface area contributed by atoms with E-state index in [1.165, 1.54) is 12.2 Å².